The van der Waals surface area contributed by atoms with Gasteiger partial charge in [0.25, 0.3) is 0 Å². The van der Waals surface area contributed by atoms with E-state index in [0.29, 0.717) is 31.2 Å². The van der Waals surface area contributed by atoms with Gasteiger partial charge >= 0.3 is 18.2 Å². The standard InChI is InChI=1S/C20H26F3N7O4S/c1-10(2)24-15(31)7-13(20(21,22)23)26-17(32)29-19-25-11-5-6-30(9-12(11)35-19)14-8-16(33-3)28-18(27-14)34-4/h8,10,13H,5-7,9H2,1-4H3,(H,24,31)(H2,25,26,29,32). The molecule has 3 amide bonds. The number of anilines is 2. The summed E-state index contributed by atoms with van der Waals surface area (Å²) < 4.78 is 50.3. The molecule has 15 heteroatoms. The molecule has 0 aromatic carbocycles. The maximum atomic E-state index is 13.3. The molecule has 0 saturated heterocycles. The molecule has 11 nitrogen and oxygen atoms in total. The minimum absolute atomic E-state index is 0.148. The first-order chi connectivity index (χ1) is 16.5. The van der Waals surface area contributed by atoms with Gasteiger partial charge in [-0.25, -0.2) is 9.78 Å². The van der Waals surface area contributed by atoms with Crippen molar-refractivity contribution in [3.8, 4) is 11.9 Å². The molecular weight excluding hydrogens is 491 g/mol. The lowest BCUT2D eigenvalue weighted by atomic mass is 10.2. The van der Waals surface area contributed by atoms with E-state index in [-0.39, 0.29) is 17.2 Å². The summed E-state index contributed by atoms with van der Waals surface area (Å²) in [6, 6.07) is -1.95. The molecule has 0 saturated carbocycles. The van der Waals surface area contributed by atoms with Gasteiger partial charge in [0.2, 0.25) is 11.8 Å². The highest BCUT2D eigenvalue weighted by atomic mass is 32.1. The quantitative estimate of drug-likeness (QED) is 0.487. The molecule has 0 radical (unpaired) electrons. The molecule has 0 aliphatic carbocycles. The summed E-state index contributed by atoms with van der Waals surface area (Å²) in [6.07, 6.45) is -5.19. The molecule has 1 aliphatic rings. The topological polar surface area (TPSA) is 131 Å². The van der Waals surface area contributed by atoms with Gasteiger partial charge in [-0.1, -0.05) is 11.3 Å². The van der Waals surface area contributed by atoms with Crippen LogP contribution in [0.5, 0.6) is 11.9 Å². The molecule has 192 valence electrons. The van der Waals surface area contributed by atoms with Gasteiger partial charge in [-0.2, -0.15) is 23.1 Å². The molecular formula is C20H26F3N7O4S. The van der Waals surface area contributed by atoms with Crippen LogP contribution in [0.25, 0.3) is 0 Å². The molecule has 3 rings (SSSR count). The third kappa shape index (κ3) is 7.07. The highest BCUT2D eigenvalue weighted by Crippen LogP contribution is 2.32. The Morgan fingerprint density at radius 2 is 1.91 bits per heavy atom. The molecule has 1 aliphatic heterocycles. The summed E-state index contributed by atoms with van der Waals surface area (Å²) >= 11 is 1.15. The number of carbonyl (C=O) groups excluding carboxylic acids is 2. The molecule has 3 N–H and O–H groups in total. The predicted molar refractivity (Wildman–Crippen MR) is 122 cm³/mol. The van der Waals surface area contributed by atoms with E-state index in [1.807, 2.05) is 10.2 Å². The zero-order valence-electron chi connectivity index (χ0n) is 19.5. The van der Waals surface area contributed by atoms with Crippen LogP contribution in [0.3, 0.4) is 0 Å². The molecule has 0 fully saturated rings. The Bertz CT molecular complexity index is 1040. The van der Waals surface area contributed by atoms with E-state index in [2.05, 4.69) is 25.6 Å². The normalized spacial score (nSPS) is 14.2. The molecule has 35 heavy (non-hydrogen) atoms. The van der Waals surface area contributed by atoms with Gasteiger partial charge in [-0.15, -0.1) is 0 Å². The molecule has 0 bridgehead atoms. The number of urea groups is 1. The zero-order valence-corrected chi connectivity index (χ0v) is 20.3. The van der Waals surface area contributed by atoms with Crippen LogP contribution in [0, 0.1) is 0 Å². The van der Waals surface area contributed by atoms with E-state index >= 15 is 0 Å². The number of amides is 3. The minimum Gasteiger partial charge on any atom is -0.481 e. The third-order valence-corrected chi connectivity index (χ3v) is 5.87. The Morgan fingerprint density at radius 3 is 2.54 bits per heavy atom. The lowest BCUT2D eigenvalue weighted by Gasteiger charge is -2.27. The van der Waals surface area contributed by atoms with Crippen LogP contribution in [0.4, 0.5) is 28.9 Å². The number of alkyl halides is 3. The number of aromatic nitrogens is 3. The Kier molecular flexibility index (Phi) is 8.19. The van der Waals surface area contributed by atoms with Crippen molar-refractivity contribution in [2.45, 2.75) is 51.5 Å². The fourth-order valence-corrected chi connectivity index (χ4v) is 4.32. The van der Waals surface area contributed by atoms with Crippen LogP contribution in [-0.2, 0) is 17.8 Å². The average molecular weight is 518 g/mol. The van der Waals surface area contributed by atoms with Crippen molar-refractivity contribution in [1.29, 1.82) is 0 Å². The second-order valence-electron chi connectivity index (χ2n) is 7.93. The van der Waals surface area contributed by atoms with Gasteiger partial charge in [0.1, 0.15) is 11.9 Å². The summed E-state index contributed by atoms with van der Waals surface area (Å²) in [5, 5.41) is 6.71. The summed E-state index contributed by atoms with van der Waals surface area (Å²) in [6.45, 7) is 4.24. The van der Waals surface area contributed by atoms with Crippen molar-refractivity contribution in [2.75, 3.05) is 31.0 Å². The summed E-state index contributed by atoms with van der Waals surface area (Å²) in [7, 11) is 2.92. The average Bonchev–Trinajstić information content (AvgIpc) is 3.18. The van der Waals surface area contributed by atoms with Crippen LogP contribution in [0.2, 0.25) is 0 Å². The van der Waals surface area contributed by atoms with E-state index in [0.717, 1.165) is 21.9 Å². The Labute approximate surface area is 203 Å². The van der Waals surface area contributed by atoms with E-state index in [4.69, 9.17) is 9.47 Å². The third-order valence-electron chi connectivity index (χ3n) is 4.88. The van der Waals surface area contributed by atoms with Crippen molar-refractivity contribution < 1.29 is 32.2 Å². The molecule has 2 aromatic heterocycles. The second-order valence-corrected chi connectivity index (χ2v) is 9.02. The Hall–Kier alpha value is -3.36. The first-order valence-corrected chi connectivity index (χ1v) is 11.4. The van der Waals surface area contributed by atoms with Crippen LogP contribution >= 0.6 is 11.3 Å². The fourth-order valence-electron chi connectivity index (χ4n) is 3.30. The van der Waals surface area contributed by atoms with Crippen LogP contribution in [0.15, 0.2) is 6.07 Å². The zero-order chi connectivity index (χ0) is 25.8. The SMILES string of the molecule is COc1cc(N2CCc3nc(NC(=O)NC(CC(=O)NC(C)C)C(F)(F)F)sc3C2)nc(OC)n1. The predicted octanol–water partition coefficient (Wildman–Crippen LogP) is 2.48. The molecule has 3 heterocycles. The number of hydrogen-bond acceptors (Lipinski definition) is 9. The number of rotatable bonds is 8. The van der Waals surface area contributed by atoms with E-state index in [9.17, 15) is 22.8 Å². The van der Waals surface area contributed by atoms with E-state index in [1.54, 1.807) is 19.9 Å². The number of fused-ring (bicyclic) bond motifs is 1. The van der Waals surface area contributed by atoms with Gasteiger partial charge in [0.05, 0.1) is 32.9 Å². The molecule has 1 unspecified atom stereocenters. The largest absolute Gasteiger partial charge is 0.481 e. The number of hydrogen-bond donors (Lipinski definition) is 3. The number of carbonyl (C=O) groups is 2. The molecule has 1 atom stereocenters. The molecule has 2 aromatic rings. The van der Waals surface area contributed by atoms with Crippen LogP contribution in [0.1, 0.15) is 30.8 Å². The monoisotopic (exact) mass is 517 g/mol. The minimum atomic E-state index is -4.80. The van der Waals surface area contributed by atoms with Crippen molar-refractivity contribution in [2.24, 2.45) is 0 Å². The van der Waals surface area contributed by atoms with Gasteiger partial charge in [0.15, 0.2) is 5.13 Å². The first-order valence-electron chi connectivity index (χ1n) is 10.6. The van der Waals surface area contributed by atoms with E-state index in [1.165, 1.54) is 14.2 Å². The number of thiazole rings is 1. The van der Waals surface area contributed by atoms with Crippen molar-refractivity contribution >= 4 is 34.2 Å². The highest BCUT2D eigenvalue weighted by Gasteiger charge is 2.42. The number of nitrogens with one attached hydrogen (secondary N) is 3. The fraction of sp³-hybridized carbons (Fsp3) is 0.550. The van der Waals surface area contributed by atoms with Crippen molar-refractivity contribution in [1.82, 2.24) is 25.6 Å². The van der Waals surface area contributed by atoms with E-state index < -0.39 is 30.6 Å². The smallest absolute Gasteiger partial charge is 0.409 e. The van der Waals surface area contributed by atoms with Gasteiger partial charge in [0, 0.05) is 30.0 Å². The molecule has 0 spiro atoms. The van der Waals surface area contributed by atoms with Crippen LogP contribution in [-0.4, -0.2) is 65.9 Å². The summed E-state index contributed by atoms with van der Waals surface area (Å²) in [4.78, 5) is 39.6. The number of methoxy groups -OCH3 is 2. The van der Waals surface area contributed by atoms with Crippen LogP contribution < -0.4 is 30.3 Å². The summed E-state index contributed by atoms with van der Waals surface area (Å²) in [5.41, 5.74) is 0.734. The second kappa shape index (κ2) is 10.9. The maximum absolute atomic E-state index is 13.3. The van der Waals surface area contributed by atoms with Gasteiger partial charge in [-0.3, -0.25) is 10.1 Å². The highest BCUT2D eigenvalue weighted by molar-refractivity contribution is 7.15. The van der Waals surface area contributed by atoms with Gasteiger partial charge < -0.3 is 25.0 Å². The van der Waals surface area contributed by atoms with Crippen molar-refractivity contribution in [3.05, 3.63) is 16.6 Å². The lowest BCUT2D eigenvalue weighted by molar-refractivity contribution is -0.159. The van der Waals surface area contributed by atoms with Crippen molar-refractivity contribution in [3.63, 3.8) is 0 Å². The number of ether oxygens (including phenoxy) is 2. The Balaban J connectivity index is 1.66. The Morgan fingerprint density at radius 1 is 1.17 bits per heavy atom. The maximum Gasteiger partial charge on any atom is 0.409 e. The summed E-state index contributed by atoms with van der Waals surface area (Å²) in [5.74, 6) is 0.0976. The van der Waals surface area contributed by atoms with Gasteiger partial charge in [-0.05, 0) is 13.8 Å². The number of halogens is 3. The first kappa shape index (κ1) is 26.2. The lowest BCUT2D eigenvalue weighted by Crippen LogP contribution is -2.50. The number of nitrogens with zero attached hydrogens (tertiary/aromatic N) is 4.